The monoisotopic (exact) mass is 122 g/mol. The second-order valence-electron chi connectivity index (χ2n) is 3.60. The van der Waals surface area contributed by atoms with Gasteiger partial charge in [-0.1, -0.05) is 26.0 Å². The molecule has 0 heteroatoms. The predicted molar refractivity (Wildman–Crippen MR) is 39.1 cm³/mol. The van der Waals surface area contributed by atoms with E-state index >= 15 is 0 Å². The van der Waals surface area contributed by atoms with Gasteiger partial charge in [-0.15, -0.1) is 0 Å². The summed E-state index contributed by atoms with van der Waals surface area (Å²) in [5.41, 5.74) is 0.750. The highest BCUT2D eigenvalue weighted by atomic mass is 14.6. The molecule has 0 radical (unpaired) electrons. The van der Waals surface area contributed by atoms with Crippen LogP contribution in [0.3, 0.4) is 0 Å². The summed E-state index contributed by atoms with van der Waals surface area (Å²) in [6.45, 7) is 4.70. The summed E-state index contributed by atoms with van der Waals surface area (Å²) >= 11 is 0. The SMILES string of the molecule is CCC1(C2C=C2)CC1C. The summed E-state index contributed by atoms with van der Waals surface area (Å²) in [4.78, 5) is 0. The number of rotatable bonds is 2. The van der Waals surface area contributed by atoms with Crippen LogP contribution in [0.25, 0.3) is 0 Å². The van der Waals surface area contributed by atoms with Gasteiger partial charge in [0.2, 0.25) is 0 Å². The molecular formula is C9H14. The fourth-order valence-electron chi connectivity index (χ4n) is 2.14. The highest BCUT2D eigenvalue weighted by Gasteiger charge is 2.55. The van der Waals surface area contributed by atoms with E-state index in [0.29, 0.717) is 0 Å². The van der Waals surface area contributed by atoms with E-state index in [2.05, 4.69) is 26.0 Å². The Morgan fingerprint density at radius 1 is 1.56 bits per heavy atom. The molecule has 1 saturated carbocycles. The Morgan fingerprint density at radius 2 is 2.11 bits per heavy atom. The number of hydrogen-bond acceptors (Lipinski definition) is 0. The molecule has 1 fully saturated rings. The van der Waals surface area contributed by atoms with Gasteiger partial charge >= 0.3 is 0 Å². The van der Waals surface area contributed by atoms with Crippen molar-refractivity contribution in [2.75, 3.05) is 0 Å². The summed E-state index contributed by atoms with van der Waals surface area (Å²) in [5.74, 6) is 1.90. The maximum Gasteiger partial charge on any atom is 0.000602 e. The van der Waals surface area contributed by atoms with Crippen molar-refractivity contribution in [2.24, 2.45) is 17.3 Å². The first-order chi connectivity index (χ1) is 4.29. The molecule has 0 heterocycles. The molecule has 2 unspecified atom stereocenters. The van der Waals surface area contributed by atoms with Gasteiger partial charge in [-0.3, -0.25) is 0 Å². The Hall–Kier alpha value is -0.260. The molecule has 0 bridgehead atoms. The smallest absolute Gasteiger partial charge is 0.000602 e. The van der Waals surface area contributed by atoms with Gasteiger partial charge < -0.3 is 0 Å². The largest absolute Gasteiger partial charge is 0.0804 e. The standard InChI is InChI=1S/C9H14/c1-3-9(6-7(9)2)8-4-5-8/h4-5,7-8H,3,6H2,1-2H3. The van der Waals surface area contributed by atoms with E-state index in [0.717, 1.165) is 17.3 Å². The zero-order chi connectivity index (χ0) is 6.48. The lowest BCUT2D eigenvalue weighted by Crippen LogP contribution is -2.04. The quantitative estimate of drug-likeness (QED) is 0.494. The van der Waals surface area contributed by atoms with Crippen LogP contribution in [0.4, 0.5) is 0 Å². The van der Waals surface area contributed by atoms with Gasteiger partial charge in [0.1, 0.15) is 0 Å². The van der Waals surface area contributed by atoms with Crippen molar-refractivity contribution in [1.82, 2.24) is 0 Å². The molecule has 9 heavy (non-hydrogen) atoms. The van der Waals surface area contributed by atoms with Crippen LogP contribution in [0.1, 0.15) is 26.7 Å². The average Bonchev–Trinajstić information content (AvgIpc) is 2.59. The summed E-state index contributed by atoms with van der Waals surface area (Å²) in [5, 5.41) is 0. The first kappa shape index (κ1) is 5.52. The van der Waals surface area contributed by atoms with Gasteiger partial charge in [0.05, 0.1) is 0 Å². The lowest BCUT2D eigenvalue weighted by molar-refractivity contribution is 0.412. The fourth-order valence-corrected chi connectivity index (χ4v) is 2.14. The lowest BCUT2D eigenvalue weighted by Gasteiger charge is -2.11. The minimum Gasteiger partial charge on any atom is -0.0804 e. The molecule has 0 N–H and O–H groups in total. The van der Waals surface area contributed by atoms with E-state index in [9.17, 15) is 0 Å². The summed E-state index contributed by atoms with van der Waals surface area (Å²) < 4.78 is 0. The van der Waals surface area contributed by atoms with Crippen LogP contribution in [-0.4, -0.2) is 0 Å². The predicted octanol–water partition coefficient (Wildman–Crippen LogP) is 2.61. The van der Waals surface area contributed by atoms with E-state index in [1.54, 1.807) is 0 Å². The zero-order valence-electron chi connectivity index (χ0n) is 6.22. The zero-order valence-corrected chi connectivity index (χ0v) is 6.22. The summed E-state index contributed by atoms with van der Waals surface area (Å²) in [7, 11) is 0. The van der Waals surface area contributed by atoms with Crippen molar-refractivity contribution in [3.63, 3.8) is 0 Å². The van der Waals surface area contributed by atoms with E-state index in [1.165, 1.54) is 12.8 Å². The van der Waals surface area contributed by atoms with Gasteiger partial charge in [-0.05, 0) is 24.2 Å². The Bertz CT molecular complexity index is 147. The summed E-state index contributed by atoms with van der Waals surface area (Å²) in [6, 6.07) is 0. The lowest BCUT2D eigenvalue weighted by atomic mass is 9.93. The molecule has 2 rings (SSSR count). The van der Waals surface area contributed by atoms with Gasteiger partial charge in [-0.2, -0.15) is 0 Å². The van der Waals surface area contributed by atoms with Crippen LogP contribution in [0, 0.1) is 17.3 Å². The van der Waals surface area contributed by atoms with Crippen LogP contribution in [0.5, 0.6) is 0 Å². The second kappa shape index (κ2) is 1.42. The van der Waals surface area contributed by atoms with Crippen LogP contribution in [0.15, 0.2) is 12.2 Å². The molecule has 2 aliphatic rings. The third-order valence-electron chi connectivity index (χ3n) is 3.21. The molecule has 2 atom stereocenters. The Balaban J connectivity index is 2.04. The topological polar surface area (TPSA) is 0 Å². The fraction of sp³-hybridized carbons (Fsp3) is 0.778. The molecule has 0 aromatic rings. The molecule has 0 aliphatic heterocycles. The first-order valence-corrected chi connectivity index (χ1v) is 3.98. The molecule has 0 aromatic carbocycles. The van der Waals surface area contributed by atoms with Crippen molar-refractivity contribution < 1.29 is 0 Å². The molecule has 0 amide bonds. The molecular weight excluding hydrogens is 108 g/mol. The maximum atomic E-state index is 2.38. The van der Waals surface area contributed by atoms with E-state index in [-0.39, 0.29) is 0 Å². The third-order valence-corrected chi connectivity index (χ3v) is 3.21. The minimum absolute atomic E-state index is 0.750. The minimum atomic E-state index is 0.750. The molecule has 2 aliphatic carbocycles. The Labute approximate surface area is 57.0 Å². The van der Waals surface area contributed by atoms with Gasteiger partial charge in [0, 0.05) is 5.92 Å². The van der Waals surface area contributed by atoms with Crippen LogP contribution in [0.2, 0.25) is 0 Å². The first-order valence-electron chi connectivity index (χ1n) is 3.98. The highest BCUT2D eigenvalue weighted by molar-refractivity contribution is 5.25. The van der Waals surface area contributed by atoms with Crippen molar-refractivity contribution >= 4 is 0 Å². The number of allylic oxidation sites excluding steroid dienone is 2. The molecule has 0 aromatic heterocycles. The molecule has 0 spiro atoms. The van der Waals surface area contributed by atoms with Gasteiger partial charge in [0.15, 0.2) is 0 Å². The number of hydrogen-bond donors (Lipinski definition) is 0. The van der Waals surface area contributed by atoms with Crippen molar-refractivity contribution in [1.29, 1.82) is 0 Å². The van der Waals surface area contributed by atoms with Crippen molar-refractivity contribution in [3.8, 4) is 0 Å². The molecule has 0 saturated heterocycles. The normalized spacial score (nSPS) is 47.6. The van der Waals surface area contributed by atoms with Crippen LogP contribution < -0.4 is 0 Å². The average molecular weight is 122 g/mol. The molecule has 0 nitrogen and oxygen atoms in total. The van der Waals surface area contributed by atoms with Crippen LogP contribution in [-0.2, 0) is 0 Å². The van der Waals surface area contributed by atoms with Crippen molar-refractivity contribution in [3.05, 3.63) is 12.2 Å². The van der Waals surface area contributed by atoms with Crippen LogP contribution >= 0.6 is 0 Å². The Morgan fingerprint density at radius 3 is 2.22 bits per heavy atom. The van der Waals surface area contributed by atoms with E-state index in [4.69, 9.17) is 0 Å². The third kappa shape index (κ3) is 0.593. The molecule has 50 valence electrons. The van der Waals surface area contributed by atoms with E-state index < -0.39 is 0 Å². The van der Waals surface area contributed by atoms with Gasteiger partial charge in [-0.25, -0.2) is 0 Å². The second-order valence-corrected chi connectivity index (χ2v) is 3.60. The summed E-state index contributed by atoms with van der Waals surface area (Å²) in [6.07, 6.45) is 7.56. The van der Waals surface area contributed by atoms with Gasteiger partial charge in [0.25, 0.3) is 0 Å². The Kier molecular flexibility index (Phi) is 0.870. The maximum absolute atomic E-state index is 2.38. The highest BCUT2D eigenvalue weighted by Crippen LogP contribution is 2.63. The van der Waals surface area contributed by atoms with E-state index in [1.807, 2.05) is 0 Å². The van der Waals surface area contributed by atoms with Crippen molar-refractivity contribution in [2.45, 2.75) is 26.7 Å².